The maximum atomic E-state index is 11.4. The first kappa shape index (κ1) is 15.5. The van der Waals surface area contributed by atoms with E-state index in [9.17, 15) is 9.90 Å². The number of nitrogens with one attached hydrogen (secondary N) is 1. The van der Waals surface area contributed by atoms with Gasteiger partial charge in [-0.2, -0.15) is 0 Å². The highest BCUT2D eigenvalue weighted by Gasteiger charge is 2.34. The largest absolute Gasteiger partial charge is 0.467 e. The van der Waals surface area contributed by atoms with Crippen LogP contribution < -0.4 is 5.32 Å². The molecule has 0 amide bonds. The number of aryl methyl sites for hydroxylation is 1. The van der Waals surface area contributed by atoms with Gasteiger partial charge in [0.15, 0.2) is 6.10 Å². The van der Waals surface area contributed by atoms with Gasteiger partial charge in [0, 0.05) is 12.6 Å². The predicted molar refractivity (Wildman–Crippen MR) is 79.7 cm³/mol. The monoisotopic (exact) mass is 291 g/mol. The summed E-state index contributed by atoms with van der Waals surface area (Å²) in [5, 5.41) is 13.1. The Hall–Kier alpha value is -1.92. The Morgan fingerprint density at radius 1 is 1.48 bits per heavy atom. The van der Waals surface area contributed by atoms with Gasteiger partial charge in [-0.1, -0.05) is 12.1 Å². The predicted octanol–water partition coefficient (Wildman–Crippen LogP) is 0.975. The topological polar surface area (TPSA) is 76.4 Å². The van der Waals surface area contributed by atoms with E-state index in [1.165, 1.54) is 7.11 Å². The first-order valence-electron chi connectivity index (χ1n) is 6.78. The lowest BCUT2D eigenvalue weighted by Gasteiger charge is -2.29. The number of fused-ring (bicyclic) bond motifs is 1. The molecule has 6 heteroatoms. The van der Waals surface area contributed by atoms with E-state index in [0.29, 0.717) is 6.54 Å². The van der Waals surface area contributed by atoms with E-state index in [4.69, 9.17) is 0 Å². The molecule has 0 fully saturated rings. The molecular formula is C15H21N3O3. The molecule has 1 aromatic carbocycles. The zero-order chi connectivity index (χ0) is 15.6. The molecule has 2 rings (SSSR count). The highest BCUT2D eigenvalue weighted by Crippen LogP contribution is 2.16. The molecule has 0 spiro atoms. The van der Waals surface area contributed by atoms with E-state index in [-0.39, 0.29) is 0 Å². The fourth-order valence-corrected chi connectivity index (χ4v) is 2.16. The Labute approximate surface area is 123 Å². The number of hydrogen-bond donors (Lipinski definition) is 2. The molecule has 6 nitrogen and oxygen atoms in total. The molecular weight excluding hydrogens is 270 g/mol. The Morgan fingerprint density at radius 2 is 2.14 bits per heavy atom. The number of ether oxygens (including phenoxy) is 1. The van der Waals surface area contributed by atoms with E-state index in [2.05, 4.69) is 15.0 Å². The number of imidazole rings is 1. The summed E-state index contributed by atoms with van der Waals surface area (Å²) in [5.41, 5.74) is 1.15. The van der Waals surface area contributed by atoms with Crippen LogP contribution in [0.15, 0.2) is 24.3 Å². The number of rotatable bonds is 5. The minimum absolute atomic E-state index is 0.437. The van der Waals surface area contributed by atoms with Gasteiger partial charge in [0.25, 0.3) is 0 Å². The van der Waals surface area contributed by atoms with Crippen LogP contribution in [0.1, 0.15) is 19.7 Å². The van der Waals surface area contributed by atoms with Crippen LogP contribution in [0, 0.1) is 0 Å². The Bertz CT molecular complexity index is 649. The highest BCUT2D eigenvalue weighted by atomic mass is 16.5. The molecule has 0 saturated heterocycles. The van der Waals surface area contributed by atoms with E-state index in [1.807, 2.05) is 35.9 Å². The minimum Gasteiger partial charge on any atom is -0.467 e. The molecule has 0 saturated carbocycles. The maximum Gasteiger partial charge on any atom is 0.336 e. The number of aliphatic hydroxyl groups is 1. The van der Waals surface area contributed by atoms with Crippen molar-refractivity contribution in [1.29, 1.82) is 0 Å². The number of para-hydroxylation sites is 2. The van der Waals surface area contributed by atoms with Crippen molar-refractivity contribution in [2.24, 2.45) is 7.05 Å². The number of hydrogen-bond acceptors (Lipinski definition) is 5. The third-order valence-corrected chi connectivity index (χ3v) is 3.69. The first-order valence-corrected chi connectivity index (χ1v) is 6.78. The Morgan fingerprint density at radius 3 is 2.76 bits per heavy atom. The number of carbonyl (C=O) groups excluding carboxylic acids is 1. The van der Waals surface area contributed by atoms with Crippen molar-refractivity contribution in [3.05, 3.63) is 30.1 Å². The second-order valence-electron chi connectivity index (χ2n) is 5.58. The van der Waals surface area contributed by atoms with Crippen molar-refractivity contribution >= 4 is 17.0 Å². The summed E-state index contributed by atoms with van der Waals surface area (Å²) in [6.45, 7) is 3.93. The third-order valence-electron chi connectivity index (χ3n) is 3.69. The van der Waals surface area contributed by atoms with Gasteiger partial charge in [0.2, 0.25) is 0 Å². The molecule has 0 aliphatic heterocycles. The summed E-state index contributed by atoms with van der Waals surface area (Å²) in [5.74, 6) is 0.179. The van der Waals surface area contributed by atoms with Gasteiger partial charge in [-0.15, -0.1) is 0 Å². The summed E-state index contributed by atoms with van der Waals surface area (Å²) < 4.78 is 6.56. The molecule has 1 heterocycles. The lowest BCUT2D eigenvalue weighted by atomic mass is 9.97. The Balaban J connectivity index is 2.14. The number of benzene rings is 1. The van der Waals surface area contributed by atoms with Gasteiger partial charge in [-0.3, -0.25) is 0 Å². The number of esters is 1. The fraction of sp³-hybridized carbons (Fsp3) is 0.467. The molecule has 1 atom stereocenters. The van der Waals surface area contributed by atoms with Gasteiger partial charge in [0.1, 0.15) is 5.82 Å². The van der Waals surface area contributed by atoms with Gasteiger partial charge in [-0.25, -0.2) is 9.78 Å². The highest BCUT2D eigenvalue weighted by molar-refractivity contribution is 5.76. The summed E-state index contributed by atoms with van der Waals surface area (Å²) in [4.78, 5) is 16.0. The molecule has 114 valence electrons. The third kappa shape index (κ3) is 3.06. The lowest BCUT2D eigenvalue weighted by Crippen LogP contribution is -2.53. The quantitative estimate of drug-likeness (QED) is 0.803. The maximum absolute atomic E-state index is 11.4. The summed E-state index contributed by atoms with van der Waals surface area (Å²) in [6.07, 6.45) is -1.24. The van der Waals surface area contributed by atoms with Crippen LogP contribution in [0.3, 0.4) is 0 Å². The van der Waals surface area contributed by atoms with Crippen LogP contribution in [-0.2, 0) is 23.1 Å². The van der Waals surface area contributed by atoms with Crippen molar-refractivity contribution in [3.8, 4) is 0 Å². The van der Waals surface area contributed by atoms with Crippen LogP contribution in [0.2, 0.25) is 0 Å². The van der Waals surface area contributed by atoms with Crippen molar-refractivity contribution < 1.29 is 14.6 Å². The zero-order valence-corrected chi connectivity index (χ0v) is 12.8. The van der Waals surface area contributed by atoms with Crippen molar-refractivity contribution in [3.63, 3.8) is 0 Å². The number of methoxy groups -OCH3 is 1. The van der Waals surface area contributed by atoms with E-state index in [0.717, 1.165) is 16.9 Å². The van der Waals surface area contributed by atoms with Gasteiger partial charge in [-0.05, 0) is 26.0 Å². The average molecular weight is 291 g/mol. The second kappa shape index (κ2) is 5.83. The number of carbonyl (C=O) groups is 1. The van der Waals surface area contributed by atoms with Gasteiger partial charge >= 0.3 is 5.97 Å². The summed E-state index contributed by atoms with van der Waals surface area (Å²) >= 11 is 0. The lowest BCUT2D eigenvalue weighted by molar-refractivity contribution is -0.154. The fourth-order valence-electron chi connectivity index (χ4n) is 2.16. The zero-order valence-electron chi connectivity index (χ0n) is 12.8. The summed E-state index contributed by atoms with van der Waals surface area (Å²) in [7, 11) is 3.20. The van der Waals surface area contributed by atoms with Crippen LogP contribution in [-0.4, -0.2) is 39.4 Å². The van der Waals surface area contributed by atoms with E-state index >= 15 is 0 Å². The van der Waals surface area contributed by atoms with Crippen LogP contribution in [0.25, 0.3) is 11.0 Å². The number of aliphatic hydroxyl groups excluding tert-OH is 1. The first-order chi connectivity index (χ1) is 9.86. The van der Waals surface area contributed by atoms with Crippen molar-refractivity contribution in [2.45, 2.75) is 32.0 Å². The number of nitrogens with zero attached hydrogens (tertiary/aromatic N) is 2. The van der Waals surface area contributed by atoms with Crippen molar-refractivity contribution in [2.75, 3.05) is 7.11 Å². The Kier molecular flexibility index (Phi) is 4.29. The molecule has 2 aromatic rings. The number of aromatic nitrogens is 2. The molecule has 1 unspecified atom stereocenters. The van der Waals surface area contributed by atoms with Crippen LogP contribution in [0.5, 0.6) is 0 Å². The standard InChI is InChI=1S/C15H21N3O3/c1-15(2,13(19)14(20)21-4)16-9-12-17-10-7-5-6-8-11(10)18(12)3/h5-8,13,16,19H,9H2,1-4H3. The minimum atomic E-state index is -1.24. The van der Waals surface area contributed by atoms with Crippen LogP contribution in [0.4, 0.5) is 0 Å². The molecule has 0 radical (unpaired) electrons. The normalized spacial score (nSPS) is 13.4. The SMILES string of the molecule is COC(=O)C(O)C(C)(C)NCc1nc2ccccc2n1C. The molecule has 1 aromatic heterocycles. The van der Waals surface area contributed by atoms with E-state index < -0.39 is 17.6 Å². The van der Waals surface area contributed by atoms with Crippen LogP contribution >= 0.6 is 0 Å². The van der Waals surface area contributed by atoms with E-state index in [1.54, 1.807) is 13.8 Å². The molecule has 0 aliphatic carbocycles. The summed E-state index contributed by atoms with van der Waals surface area (Å²) in [6, 6.07) is 7.86. The van der Waals surface area contributed by atoms with Gasteiger partial charge in [0.05, 0.1) is 24.7 Å². The smallest absolute Gasteiger partial charge is 0.336 e. The molecule has 0 aliphatic rings. The average Bonchev–Trinajstić information content (AvgIpc) is 2.80. The second-order valence-corrected chi connectivity index (χ2v) is 5.58. The van der Waals surface area contributed by atoms with Crippen molar-refractivity contribution in [1.82, 2.24) is 14.9 Å². The van der Waals surface area contributed by atoms with Gasteiger partial charge < -0.3 is 19.7 Å². The molecule has 0 bridgehead atoms. The molecule has 2 N–H and O–H groups in total. The molecule has 21 heavy (non-hydrogen) atoms.